The number of hydrogen-bond donors (Lipinski definition) is 1. The number of ether oxygens (including phenoxy) is 1. The number of amides is 1. The predicted octanol–water partition coefficient (Wildman–Crippen LogP) is 3.01. The molecule has 3 rings (SSSR count). The maximum atomic E-state index is 12.9. The quantitative estimate of drug-likeness (QED) is 0.800. The van der Waals surface area contributed by atoms with Crippen molar-refractivity contribution in [1.82, 2.24) is 4.31 Å². The lowest BCUT2D eigenvalue weighted by molar-refractivity contribution is -0.120. The number of carbonyl (C=O) groups excluding carboxylic acids is 1. The highest BCUT2D eigenvalue weighted by Crippen LogP contribution is 2.23. The van der Waals surface area contributed by atoms with Crippen LogP contribution in [0.15, 0.2) is 48.5 Å². The molecule has 28 heavy (non-hydrogen) atoms. The number of sulfonamides is 1. The molecule has 0 bridgehead atoms. The van der Waals surface area contributed by atoms with E-state index in [-0.39, 0.29) is 30.8 Å². The first kappa shape index (κ1) is 20.3. The lowest BCUT2D eigenvalue weighted by Gasteiger charge is -2.30. The van der Waals surface area contributed by atoms with E-state index in [9.17, 15) is 17.6 Å². The summed E-state index contributed by atoms with van der Waals surface area (Å²) in [5, 5.41) is 2.84. The largest absolute Gasteiger partial charge is 0.489 e. The maximum absolute atomic E-state index is 12.9. The van der Waals surface area contributed by atoms with Gasteiger partial charge in [-0.3, -0.25) is 4.79 Å². The van der Waals surface area contributed by atoms with E-state index in [2.05, 4.69) is 5.32 Å². The van der Waals surface area contributed by atoms with E-state index < -0.39 is 10.0 Å². The topological polar surface area (TPSA) is 75.7 Å². The fourth-order valence-electron chi connectivity index (χ4n) is 3.11. The van der Waals surface area contributed by atoms with Gasteiger partial charge in [-0.25, -0.2) is 17.1 Å². The van der Waals surface area contributed by atoms with Crippen LogP contribution in [0.25, 0.3) is 0 Å². The second-order valence-electron chi connectivity index (χ2n) is 6.89. The summed E-state index contributed by atoms with van der Waals surface area (Å²) in [7, 11) is -3.30. The molecule has 1 unspecified atom stereocenters. The van der Waals surface area contributed by atoms with Crippen LogP contribution >= 0.6 is 0 Å². The van der Waals surface area contributed by atoms with Gasteiger partial charge >= 0.3 is 0 Å². The number of rotatable bonds is 6. The van der Waals surface area contributed by atoms with Crippen molar-refractivity contribution in [2.24, 2.45) is 5.92 Å². The molecule has 150 valence electrons. The summed E-state index contributed by atoms with van der Waals surface area (Å²) in [6, 6.07) is 13.0. The van der Waals surface area contributed by atoms with Gasteiger partial charge in [-0.2, -0.15) is 0 Å². The van der Waals surface area contributed by atoms with Gasteiger partial charge in [-0.1, -0.05) is 18.2 Å². The van der Waals surface area contributed by atoms with Crippen LogP contribution in [0, 0.1) is 11.7 Å². The van der Waals surface area contributed by atoms with Crippen molar-refractivity contribution in [1.29, 1.82) is 0 Å². The fraction of sp³-hybridized carbons (Fsp3) is 0.350. The normalized spacial score (nSPS) is 17.9. The maximum Gasteiger partial charge on any atom is 0.228 e. The van der Waals surface area contributed by atoms with Crippen LogP contribution in [0.4, 0.5) is 10.1 Å². The molecule has 1 saturated heterocycles. The standard InChI is InChI=1S/C20H23FN2O4S/c1-28(25,26)23-11-3-4-16(13-23)20(24)22-18-5-2-6-19(12-18)27-14-15-7-9-17(21)10-8-15/h2,5-10,12,16H,3-4,11,13-14H2,1H3,(H,22,24). The minimum absolute atomic E-state index is 0.200. The first-order valence-corrected chi connectivity index (χ1v) is 10.9. The number of carbonyl (C=O) groups is 1. The molecule has 0 saturated carbocycles. The molecule has 1 N–H and O–H groups in total. The zero-order chi connectivity index (χ0) is 20.1. The molecule has 1 aliphatic rings. The average Bonchev–Trinajstić information content (AvgIpc) is 2.67. The van der Waals surface area contributed by atoms with Gasteiger partial charge in [-0.05, 0) is 42.7 Å². The highest BCUT2D eigenvalue weighted by molar-refractivity contribution is 7.88. The van der Waals surface area contributed by atoms with Crippen molar-refractivity contribution in [3.63, 3.8) is 0 Å². The van der Waals surface area contributed by atoms with Gasteiger partial charge in [0, 0.05) is 24.8 Å². The molecule has 1 aliphatic heterocycles. The Kier molecular flexibility index (Phi) is 6.31. The van der Waals surface area contributed by atoms with Crippen molar-refractivity contribution in [2.75, 3.05) is 24.7 Å². The van der Waals surface area contributed by atoms with Crippen LogP contribution in [0.2, 0.25) is 0 Å². The number of piperidine rings is 1. The first-order chi connectivity index (χ1) is 13.3. The van der Waals surface area contributed by atoms with Crippen molar-refractivity contribution in [2.45, 2.75) is 19.4 Å². The molecule has 2 aromatic carbocycles. The SMILES string of the molecule is CS(=O)(=O)N1CCCC(C(=O)Nc2cccc(OCc3ccc(F)cc3)c2)C1. The summed E-state index contributed by atoms with van der Waals surface area (Å²) < 4.78 is 43.4. The van der Waals surface area contributed by atoms with Gasteiger partial charge < -0.3 is 10.1 Å². The summed E-state index contributed by atoms with van der Waals surface area (Å²) >= 11 is 0. The Morgan fingerprint density at radius 3 is 2.71 bits per heavy atom. The second kappa shape index (κ2) is 8.70. The van der Waals surface area contributed by atoms with Gasteiger partial charge in [0.05, 0.1) is 12.2 Å². The van der Waals surface area contributed by atoms with Crippen LogP contribution in [0.3, 0.4) is 0 Å². The van der Waals surface area contributed by atoms with Crippen LogP contribution < -0.4 is 10.1 Å². The monoisotopic (exact) mass is 406 g/mol. The average molecular weight is 406 g/mol. The number of halogens is 1. The summed E-state index contributed by atoms with van der Waals surface area (Å²) in [6.07, 6.45) is 2.47. The third kappa shape index (κ3) is 5.53. The van der Waals surface area contributed by atoms with Crippen LogP contribution in [-0.4, -0.2) is 38.0 Å². The Hall–Kier alpha value is -2.45. The van der Waals surface area contributed by atoms with E-state index >= 15 is 0 Å². The van der Waals surface area contributed by atoms with Gasteiger partial charge in [0.15, 0.2) is 0 Å². The minimum atomic E-state index is -3.30. The van der Waals surface area contributed by atoms with Crippen molar-refractivity contribution < 1.29 is 22.3 Å². The summed E-state index contributed by atoms with van der Waals surface area (Å²) in [6.45, 7) is 0.935. The molecule has 6 nitrogen and oxygen atoms in total. The third-order valence-electron chi connectivity index (χ3n) is 4.64. The van der Waals surface area contributed by atoms with Crippen molar-refractivity contribution in [3.05, 3.63) is 59.9 Å². The highest BCUT2D eigenvalue weighted by Gasteiger charge is 2.30. The zero-order valence-corrected chi connectivity index (χ0v) is 16.4. The number of anilines is 1. The molecule has 0 radical (unpaired) electrons. The van der Waals surface area contributed by atoms with Gasteiger partial charge in [-0.15, -0.1) is 0 Å². The van der Waals surface area contributed by atoms with Crippen molar-refractivity contribution in [3.8, 4) is 5.75 Å². The number of nitrogens with zero attached hydrogens (tertiary/aromatic N) is 1. The molecule has 0 aromatic heterocycles. The van der Waals surface area contributed by atoms with E-state index in [0.717, 1.165) is 11.8 Å². The lowest BCUT2D eigenvalue weighted by atomic mass is 9.98. The van der Waals surface area contributed by atoms with Crippen molar-refractivity contribution >= 4 is 21.6 Å². The highest BCUT2D eigenvalue weighted by atomic mass is 32.2. The van der Waals surface area contributed by atoms with Crippen LogP contribution in [0.5, 0.6) is 5.75 Å². The molecule has 1 fully saturated rings. The van der Waals surface area contributed by atoms with Crippen LogP contribution in [0.1, 0.15) is 18.4 Å². The molecule has 1 atom stereocenters. The molecule has 2 aromatic rings. The predicted molar refractivity (Wildman–Crippen MR) is 105 cm³/mol. The number of benzene rings is 2. The zero-order valence-electron chi connectivity index (χ0n) is 15.6. The Bertz CT molecular complexity index is 931. The van der Waals surface area contributed by atoms with E-state index in [1.54, 1.807) is 36.4 Å². The molecule has 1 amide bonds. The summed E-state index contributed by atoms with van der Waals surface area (Å²) in [5.41, 5.74) is 1.41. The molecular formula is C20H23FN2O4S. The van der Waals surface area contributed by atoms with Gasteiger partial charge in [0.2, 0.25) is 15.9 Å². The molecule has 0 aliphatic carbocycles. The Morgan fingerprint density at radius 2 is 2.00 bits per heavy atom. The molecular weight excluding hydrogens is 383 g/mol. The summed E-state index contributed by atoms with van der Waals surface area (Å²) in [4.78, 5) is 12.6. The second-order valence-corrected chi connectivity index (χ2v) is 8.87. The minimum Gasteiger partial charge on any atom is -0.489 e. The number of hydrogen-bond acceptors (Lipinski definition) is 4. The molecule has 1 heterocycles. The Morgan fingerprint density at radius 1 is 1.25 bits per heavy atom. The van der Waals surface area contributed by atoms with E-state index in [1.807, 2.05) is 0 Å². The lowest BCUT2D eigenvalue weighted by Crippen LogP contribution is -2.43. The molecule has 8 heteroatoms. The van der Waals surface area contributed by atoms with Crippen LogP contribution in [-0.2, 0) is 21.4 Å². The van der Waals surface area contributed by atoms with E-state index in [0.29, 0.717) is 30.8 Å². The Balaban J connectivity index is 1.59. The van der Waals surface area contributed by atoms with E-state index in [4.69, 9.17) is 4.74 Å². The molecule has 0 spiro atoms. The fourth-order valence-corrected chi connectivity index (χ4v) is 4.02. The van der Waals surface area contributed by atoms with Gasteiger partial charge in [0.25, 0.3) is 0 Å². The Labute approximate surface area is 164 Å². The van der Waals surface area contributed by atoms with E-state index in [1.165, 1.54) is 16.4 Å². The first-order valence-electron chi connectivity index (χ1n) is 9.04. The van der Waals surface area contributed by atoms with Gasteiger partial charge in [0.1, 0.15) is 18.2 Å². The third-order valence-corrected chi connectivity index (χ3v) is 5.91. The number of nitrogens with one attached hydrogen (secondary N) is 1. The summed E-state index contributed by atoms with van der Waals surface area (Å²) in [5.74, 6) is -0.314. The smallest absolute Gasteiger partial charge is 0.228 e.